The normalized spacial score (nSPS) is 12.9. The molecule has 0 fully saturated rings. The fourth-order valence-electron chi connectivity index (χ4n) is 1.62. The van der Waals surface area contributed by atoms with Crippen LogP contribution in [0.2, 0.25) is 0 Å². The summed E-state index contributed by atoms with van der Waals surface area (Å²) in [6, 6.07) is 2.73. The van der Waals surface area contributed by atoms with Crippen LogP contribution < -0.4 is 10.1 Å². The van der Waals surface area contributed by atoms with Crippen LogP contribution in [-0.2, 0) is 0 Å². The number of aromatic nitrogens is 3. The number of thiocarbonyl (C=S) groups is 1. The van der Waals surface area contributed by atoms with E-state index < -0.39 is 28.1 Å². The number of nitrogens with one attached hydrogen (secondary N) is 1. The maximum atomic E-state index is 12.4. The first-order valence-electron chi connectivity index (χ1n) is 6.26. The molecule has 0 aliphatic rings. The van der Waals surface area contributed by atoms with E-state index in [1.807, 2.05) is 5.32 Å². The summed E-state index contributed by atoms with van der Waals surface area (Å²) >= 11 is 4.23. The van der Waals surface area contributed by atoms with Crippen LogP contribution in [0.15, 0.2) is 18.3 Å². The number of halogens is 3. The Morgan fingerprint density at radius 3 is 2.83 bits per heavy atom. The topological polar surface area (TPSA) is 94.6 Å². The summed E-state index contributed by atoms with van der Waals surface area (Å²) in [5.74, 6) is -0.500. The third kappa shape index (κ3) is 3.83. The number of fused-ring (bicyclic) bond motifs is 1. The van der Waals surface area contributed by atoms with Gasteiger partial charge in [0, 0.05) is 18.6 Å². The van der Waals surface area contributed by atoms with E-state index >= 15 is 0 Å². The minimum absolute atomic E-state index is 0.108. The highest BCUT2D eigenvalue weighted by molar-refractivity contribution is 7.80. The van der Waals surface area contributed by atoms with Gasteiger partial charge in [0.05, 0.1) is 0 Å². The van der Waals surface area contributed by atoms with E-state index in [9.17, 15) is 23.3 Å². The quantitative estimate of drug-likeness (QED) is 0.383. The van der Waals surface area contributed by atoms with Gasteiger partial charge in [-0.15, -0.1) is 0 Å². The molecule has 0 bridgehead atoms. The second-order valence-corrected chi connectivity index (χ2v) is 4.71. The molecule has 0 radical (unpaired) electrons. The lowest BCUT2D eigenvalue weighted by molar-refractivity contribution is -0.391. The largest absolute Gasteiger partial charge is 0.451 e. The van der Waals surface area contributed by atoms with Crippen LogP contribution in [0.1, 0.15) is 13.3 Å². The summed E-state index contributed by atoms with van der Waals surface area (Å²) in [6.07, 6.45) is -4.59. The Morgan fingerprint density at radius 2 is 2.26 bits per heavy atom. The second kappa shape index (κ2) is 6.32. The Balaban J connectivity index is 2.21. The SMILES string of the molecule is CCC(NC(=S)C(F)(F)F)Oc1ccc2ncc([N+](=O)[O-])n2n1. The zero-order valence-electron chi connectivity index (χ0n) is 11.6. The predicted molar refractivity (Wildman–Crippen MR) is 76.1 cm³/mol. The Kier molecular flexibility index (Phi) is 4.63. The molecule has 1 N–H and O–H groups in total. The summed E-state index contributed by atoms with van der Waals surface area (Å²) < 4.78 is 43.5. The van der Waals surface area contributed by atoms with Gasteiger partial charge in [-0.2, -0.15) is 13.2 Å². The summed E-state index contributed by atoms with van der Waals surface area (Å²) in [7, 11) is 0. The van der Waals surface area contributed by atoms with Crippen molar-refractivity contribution in [1.29, 1.82) is 0 Å². The zero-order chi connectivity index (χ0) is 17.2. The minimum Gasteiger partial charge on any atom is -0.451 e. The molecule has 2 rings (SSSR count). The zero-order valence-corrected chi connectivity index (χ0v) is 12.4. The lowest BCUT2D eigenvalue weighted by atomic mass is 10.4. The highest BCUT2D eigenvalue weighted by atomic mass is 32.1. The van der Waals surface area contributed by atoms with Crippen molar-refractivity contribution in [3.63, 3.8) is 0 Å². The fraction of sp³-hybridized carbons (Fsp3) is 0.364. The first-order chi connectivity index (χ1) is 10.7. The van der Waals surface area contributed by atoms with E-state index in [1.54, 1.807) is 6.92 Å². The van der Waals surface area contributed by atoms with Crippen LogP contribution >= 0.6 is 12.2 Å². The van der Waals surface area contributed by atoms with Crippen molar-refractivity contribution >= 4 is 28.7 Å². The van der Waals surface area contributed by atoms with E-state index in [0.717, 1.165) is 10.7 Å². The van der Waals surface area contributed by atoms with Crippen molar-refractivity contribution in [2.75, 3.05) is 0 Å². The molecule has 0 aromatic carbocycles. The van der Waals surface area contributed by atoms with Gasteiger partial charge in [0.15, 0.2) is 11.2 Å². The molecule has 2 aromatic heterocycles. The van der Waals surface area contributed by atoms with Crippen molar-refractivity contribution in [1.82, 2.24) is 19.9 Å². The molecule has 0 saturated heterocycles. The van der Waals surface area contributed by atoms with Gasteiger partial charge >= 0.3 is 12.0 Å². The van der Waals surface area contributed by atoms with Crippen LogP contribution in [0, 0.1) is 10.1 Å². The van der Waals surface area contributed by atoms with Gasteiger partial charge in [-0.3, -0.25) is 0 Å². The lowest BCUT2D eigenvalue weighted by Gasteiger charge is -2.20. The number of ether oxygens (including phenoxy) is 1. The molecule has 0 aliphatic heterocycles. The average Bonchev–Trinajstić information content (AvgIpc) is 2.88. The van der Waals surface area contributed by atoms with Gasteiger partial charge in [0.25, 0.3) is 5.88 Å². The van der Waals surface area contributed by atoms with E-state index in [0.29, 0.717) is 0 Å². The number of nitrogens with zero attached hydrogens (tertiary/aromatic N) is 4. The first kappa shape index (κ1) is 16.9. The Bertz CT molecular complexity index is 748. The molecule has 0 aliphatic carbocycles. The summed E-state index contributed by atoms with van der Waals surface area (Å²) in [6.45, 7) is 1.58. The van der Waals surface area contributed by atoms with Gasteiger partial charge in [0.2, 0.25) is 5.65 Å². The Morgan fingerprint density at radius 1 is 1.57 bits per heavy atom. The number of alkyl halides is 3. The Hall–Kier alpha value is -2.50. The van der Waals surface area contributed by atoms with Crippen molar-refractivity contribution < 1.29 is 22.8 Å². The van der Waals surface area contributed by atoms with Gasteiger partial charge in [-0.1, -0.05) is 23.7 Å². The number of hydrogen-bond donors (Lipinski definition) is 1. The fourth-order valence-corrected chi connectivity index (χ4v) is 1.75. The molecule has 0 amide bonds. The van der Waals surface area contributed by atoms with Crippen molar-refractivity contribution in [2.45, 2.75) is 25.7 Å². The molecular formula is C11H10F3N5O3S. The molecule has 8 nitrogen and oxygen atoms in total. The van der Waals surface area contributed by atoms with Crippen LogP contribution in [0.3, 0.4) is 0 Å². The van der Waals surface area contributed by atoms with Crippen LogP contribution in [0.4, 0.5) is 19.0 Å². The third-order valence-corrected chi connectivity index (χ3v) is 3.04. The molecule has 1 atom stereocenters. The lowest BCUT2D eigenvalue weighted by Crippen LogP contribution is -2.44. The molecule has 2 heterocycles. The van der Waals surface area contributed by atoms with Crippen molar-refractivity contribution in [2.24, 2.45) is 0 Å². The van der Waals surface area contributed by atoms with Gasteiger partial charge < -0.3 is 20.2 Å². The molecule has 12 heteroatoms. The van der Waals surface area contributed by atoms with E-state index in [4.69, 9.17) is 4.74 Å². The summed E-state index contributed by atoms with van der Waals surface area (Å²) in [4.78, 5) is 12.6. The van der Waals surface area contributed by atoms with E-state index in [-0.39, 0.29) is 17.9 Å². The maximum absolute atomic E-state index is 12.4. The number of imidazole rings is 1. The second-order valence-electron chi connectivity index (χ2n) is 4.30. The molecular weight excluding hydrogens is 339 g/mol. The van der Waals surface area contributed by atoms with Crippen LogP contribution in [0.5, 0.6) is 5.88 Å². The molecule has 0 spiro atoms. The molecule has 0 saturated carbocycles. The molecule has 2 aromatic rings. The monoisotopic (exact) mass is 349 g/mol. The highest BCUT2D eigenvalue weighted by Gasteiger charge is 2.35. The maximum Gasteiger partial charge on any atom is 0.441 e. The number of hydrogen-bond acceptors (Lipinski definition) is 6. The minimum atomic E-state index is -4.67. The van der Waals surface area contributed by atoms with Crippen molar-refractivity contribution in [3.8, 4) is 5.88 Å². The standard InChI is InChI=1S/C11H10F3N5O3S/c1-2-7(16-10(23)11(12,13)14)22-8-4-3-6-15-5-9(19(20)21)18(6)17-8/h3-5,7H,2H2,1H3,(H,16,23). The number of nitro groups is 1. The smallest absolute Gasteiger partial charge is 0.441 e. The molecule has 23 heavy (non-hydrogen) atoms. The van der Waals surface area contributed by atoms with E-state index in [2.05, 4.69) is 22.3 Å². The average molecular weight is 349 g/mol. The van der Waals surface area contributed by atoms with Gasteiger partial charge in [-0.05, 0) is 10.0 Å². The van der Waals surface area contributed by atoms with Gasteiger partial charge in [0.1, 0.15) is 6.20 Å². The first-order valence-corrected chi connectivity index (χ1v) is 6.66. The number of rotatable bonds is 5. The van der Waals surface area contributed by atoms with E-state index in [1.165, 1.54) is 12.1 Å². The summed E-state index contributed by atoms with van der Waals surface area (Å²) in [5, 5.41) is 16.7. The van der Waals surface area contributed by atoms with Crippen LogP contribution in [-0.4, -0.2) is 36.9 Å². The summed E-state index contributed by atoms with van der Waals surface area (Å²) in [5.41, 5.74) is 0.205. The highest BCUT2D eigenvalue weighted by Crippen LogP contribution is 2.19. The molecule has 124 valence electrons. The van der Waals surface area contributed by atoms with Crippen LogP contribution in [0.25, 0.3) is 5.65 Å². The van der Waals surface area contributed by atoms with Gasteiger partial charge in [-0.25, -0.2) is 4.98 Å². The predicted octanol–water partition coefficient (Wildman–Crippen LogP) is 2.23. The molecule has 1 unspecified atom stereocenters. The third-order valence-electron chi connectivity index (χ3n) is 2.69. The van der Waals surface area contributed by atoms with Crippen molar-refractivity contribution in [3.05, 3.63) is 28.4 Å². The Labute approximate surface area is 132 Å².